The minimum absolute atomic E-state index is 0.0706. The third-order valence-electron chi connectivity index (χ3n) is 3.78. The minimum atomic E-state index is -0.684. The molecule has 7 nitrogen and oxygen atoms in total. The maximum atomic E-state index is 12.1. The van der Waals surface area contributed by atoms with E-state index < -0.39 is 11.9 Å². The molecule has 114 valence electrons. The minimum Gasteiger partial charge on any atom is -0.344 e. The normalized spacial score (nSPS) is 20.2. The molecule has 4 amide bonds. The van der Waals surface area contributed by atoms with Crippen LogP contribution >= 0.6 is 0 Å². The molecular formula is C15H15N3O4. The van der Waals surface area contributed by atoms with E-state index in [0.29, 0.717) is 24.1 Å². The molecular weight excluding hydrogens is 286 g/mol. The zero-order valence-corrected chi connectivity index (χ0v) is 11.8. The summed E-state index contributed by atoms with van der Waals surface area (Å²) in [5.41, 5.74) is 2.27. The summed E-state index contributed by atoms with van der Waals surface area (Å²) in [5.74, 6) is -1.20. The Morgan fingerprint density at radius 1 is 1.18 bits per heavy atom. The van der Waals surface area contributed by atoms with Crippen LogP contribution in [-0.2, 0) is 32.0 Å². The SMILES string of the molecule is O=C1CCC(NC(=O)Cc2cccc3c2NC(=O)C3)C(=O)N1. The Kier molecular flexibility index (Phi) is 3.62. The molecule has 1 saturated heterocycles. The van der Waals surface area contributed by atoms with Gasteiger partial charge in [0.15, 0.2) is 0 Å². The first-order valence-electron chi connectivity index (χ1n) is 7.06. The van der Waals surface area contributed by atoms with E-state index >= 15 is 0 Å². The van der Waals surface area contributed by atoms with Crippen molar-refractivity contribution >= 4 is 29.3 Å². The van der Waals surface area contributed by atoms with Crippen LogP contribution < -0.4 is 16.0 Å². The zero-order chi connectivity index (χ0) is 15.7. The molecule has 2 heterocycles. The number of piperidine rings is 1. The molecule has 0 aromatic heterocycles. The van der Waals surface area contributed by atoms with Crippen LogP contribution in [0.15, 0.2) is 18.2 Å². The average Bonchev–Trinajstić information content (AvgIpc) is 2.83. The number of rotatable bonds is 3. The number of benzene rings is 1. The highest BCUT2D eigenvalue weighted by Gasteiger charge is 2.28. The topological polar surface area (TPSA) is 104 Å². The summed E-state index contributed by atoms with van der Waals surface area (Å²) in [7, 11) is 0. The van der Waals surface area contributed by atoms with Crippen molar-refractivity contribution in [3.05, 3.63) is 29.3 Å². The van der Waals surface area contributed by atoms with Gasteiger partial charge in [0.05, 0.1) is 12.8 Å². The molecule has 1 atom stereocenters. The van der Waals surface area contributed by atoms with Crippen LogP contribution in [-0.4, -0.2) is 29.7 Å². The van der Waals surface area contributed by atoms with Crippen molar-refractivity contribution in [2.24, 2.45) is 0 Å². The first-order chi connectivity index (χ1) is 10.5. The number of para-hydroxylation sites is 1. The van der Waals surface area contributed by atoms with Gasteiger partial charge in [-0.3, -0.25) is 24.5 Å². The molecule has 0 bridgehead atoms. The summed E-state index contributed by atoms with van der Waals surface area (Å²) in [6, 6.07) is 4.73. The Labute approximate surface area is 126 Å². The van der Waals surface area contributed by atoms with E-state index in [2.05, 4.69) is 16.0 Å². The Morgan fingerprint density at radius 2 is 2.00 bits per heavy atom. The van der Waals surface area contributed by atoms with Crippen molar-refractivity contribution in [3.8, 4) is 0 Å². The number of imide groups is 1. The van der Waals surface area contributed by atoms with Gasteiger partial charge in [-0.05, 0) is 17.5 Å². The number of nitrogens with one attached hydrogen (secondary N) is 3. The van der Waals surface area contributed by atoms with E-state index in [1.54, 1.807) is 12.1 Å². The van der Waals surface area contributed by atoms with Crippen molar-refractivity contribution < 1.29 is 19.2 Å². The Hall–Kier alpha value is -2.70. The quantitative estimate of drug-likeness (QED) is 0.663. The summed E-state index contributed by atoms with van der Waals surface area (Å²) < 4.78 is 0. The summed E-state index contributed by atoms with van der Waals surface area (Å²) in [6.07, 6.45) is 0.909. The van der Waals surface area contributed by atoms with Gasteiger partial charge in [-0.15, -0.1) is 0 Å². The molecule has 22 heavy (non-hydrogen) atoms. The average molecular weight is 301 g/mol. The first kappa shape index (κ1) is 14.2. The van der Waals surface area contributed by atoms with Crippen LogP contribution in [0.3, 0.4) is 0 Å². The van der Waals surface area contributed by atoms with Crippen molar-refractivity contribution in [2.75, 3.05) is 5.32 Å². The number of carbonyl (C=O) groups is 4. The maximum Gasteiger partial charge on any atom is 0.249 e. The molecule has 0 spiro atoms. The second kappa shape index (κ2) is 5.59. The summed E-state index contributed by atoms with van der Waals surface area (Å²) in [5, 5.41) is 7.57. The van der Waals surface area contributed by atoms with Gasteiger partial charge in [-0.2, -0.15) is 0 Å². The lowest BCUT2D eigenvalue weighted by atomic mass is 10.0. The van der Waals surface area contributed by atoms with Crippen molar-refractivity contribution in [1.82, 2.24) is 10.6 Å². The predicted octanol–water partition coefficient (Wildman–Crippen LogP) is -0.355. The van der Waals surface area contributed by atoms with Crippen LogP contribution in [0.25, 0.3) is 0 Å². The van der Waals surface area contributed by atoms with Gasteiger partial charge in [0.25, 0.3) is 0 Å². The number of hydrogen-bond donors (Lipinski definition) is 3. The van der Waals surface area contributed by atoms with Gasteiger partial charge in [-0.1, -0.05) is 18.2 Å². The molecule has 1 unspecified atom stereocenters. The van der Waals surface area contributed by atoms with E-state index in [1.165, 1.54) is 0 Å². The molecule has 3 N–H and O–H groups in total. The summed E-state index contributed by atoms with van der Waals surface area (Å²) >= 11 is 0. The Balaban J connectivity index is 1.66. The van der Waals surface area contributed by atoms with E-state index in [9.17, 15) is 19.2 Å². The van der Waals surface area contributed by atoms with Crippen LogP contribution in [0.1, 0.15) is 24.0 Å². The standard InChI is InChI=1S/C15H15N3O4/c19-11-5-4-10(15(22)18-11)16-12(20)6-8-2-1-3-9-7-13(21)17-14(8)9/h1-3,10H,4-7H2,(H,16,20)(H,17,21)(H,18,19,22). The Bertz CT molecular complexity index is 683. The number of hydrogen-bond acceptors (Lipinski definition) is 4. The number of anilines is 1. The fourth-order valence-electron chi connectivity index (χ4n) is 2.71. The molecule has 0 radical (unpaired) electrons. The monoisotopic (exact) mass is 301 g/mol. The fourth-order valence-corrected chi connectivity index (χ4v) is 2.71. The van der Waals surface area contributed by atoms with E-state index in [4.69, 9.17) is 0 Å². The van der Waals surface area contributed by atoms with E-state index in [0.717, 1.165) is 5.56 Å². The molecule has 1 fully saturated rings. The molecule has 7 heteroatoms. The lowest BCUT2D eigenvalue weighted by molar-refractivity contribution is -0.137. The highest BCUT2D eigenvalue weighted by atomic mass is 16.2. The van der Waals surface area contributed by atoms with Gasteiger partial charge in [0, 0.05) is 12.1 Å². The maximum absolute atomic E-state index is 12.1. The molecule has 3 rings (SSSR count). The van der Waals surface area contributed by atoms with Crippen LogP contribution in [0.4, 0.5) is 5.69 Å². The van der Waals surface area contributed by atoms with Crippen LogP contribution in [0, 0.1) is 0 Å². The van der Waals surface area contributed by atoms with E-state index in [-0.39, 0.29) is 30.6 Å². The number of amides is 4. The van der Waals surface area contributed by atoms with Crippen molar-refractivity contribution in [1.29, 1.82) is 0 Å². The third-order valence-corrected chi connectivity index (χ3v) is 3.78. The highest BCUT2D eigenvalue weighted by molar-refractivity contribution is 6.02. The number of carbonyl (C=O) groups excluding carboxylic acids is 4. The lowest BCUT2D eigenvalue weighted by Crippen LogP contribution is -2.52. The molecule has 1 aromatic carbocycles. The first-order valence-corrected chi connectivity index (χ1v) is 7.06. The lowest BCUT2D eigenvalue weighted by Gasteiger charge is -2.22. The second-order valence-corrected chi connectivity index (χ2v) is 5.42. The molecule has 1 aromatic rings. The van der Waals surface area contributed by atoms with E-state index in [1.807, 2.05) is 6.07 Å². The van der Waals surface area contributed by atoms with Crippen LogP contribution in [0.2, 0.25) is 0 Å². The van der Waals surface area contributed by atoms with Gasteiger partial charge < -0.3 is 10.6 Å². The predicted molar refractivity (Wildman–Crippen MR) is 76.8 cm³/mol. The van der Waals surface area contributed by atoms with Crippen molar-refractivity contribution in [3.63, 3.8) is 0 Å². The number of fused-ring (bicyclic) bond motifs is 1. The summed E-state index contributed by atoms with van der Waals surface area (Å²) in [6.45, 7) is 0. The molecule has 0 saturated carbocycles. The van der Waals surface area contributed by atoms with Gasteiger partial charge in [0.1, 0.15) is 6.04 Å². The molecule has 0 aliphatic carbocycles. The van der Waals surface area contributed by atoms with Crippen LogP contribution in [0.5, 0.6) is 0 Å². The molecule has 2 aliphatic heterocycles. The van der Waals surface area contributed by atoms with Gasteiger partial charge in [0.2, 0.25) is 23.6 Å². The zero-order valence-electron chi connectivity index (χ0n) is 11.8. The smallest absolute Gasteiger partial charge is 0.249 e. The summed E-state index contributed by atoms with van der Waals surface area (Å²) in [4.78, 5) is 46.2. The van der Waals surface area contributed by atoms with Gasteiger partial charge in [-0.25, -0.2) is 0 Å². The van der Waals surface area contributed by atoms with Gasteiger partial charge >= 0.3 is 0 Å². The fraction of sp³-hybridized carbons (Fsp3) is 0.333. The molecule has 2 aliphatic rings. The third kappa shape index (κ3) is 2.83. The van der Waals surface area contributed by atoms with Crippen molar-refractivity contribution in [2.45, 2.75) is 31.7 Å². The Morgan fingerprint density at radius 3 is 2.77 bits per heavy atom. The second-order valence-electron chi connectivity index (χ2n) is 5.42. The largest absolute Gasteiger partial charge is 0.344 e. The highest BCUT2D eigenvalue weighted by Crippen LogP contribution is 2.27.